The maximum atomic E-state index is 13.5. The Kier molecular flexibility index (Phi) is 4.24. The molecule has 100 valence electrons. The van der Waals surface area contributed by atoms with Crippen molar-refractivity contribution in [2.24, 2.45) is 0 Å². The van der Waals surface area contributed by atoms with E-state index in [2.05, 4.69) is 26.0 Å². The van der Waals surface area contributed by atoms with Gasteiger partial charge in [-0.25, -0.2) is 12.8 Å². The molecule has 1 heterocycles. The van der Waals surface area contributed by atoms with Crippen LogP contribution in [-0.2, 0) is 10.0 Å². The van der Waals surface area contributed by atoms with Crippen LogP contribution >= 0.6 is 15.9 Å². The molecule has 1 aliphatic heterocycles. The minimum Gasteiger partial charge on any atom is -0.313 e. The molecule has 1 aromatic carbocycles. The molecule has 4 nitrogen and oxygen atoms in total. The summed E-state index contributed by atoms with van der Waals surface area (Å²) in [5.41, 5.74) is -0.0174. The molecule has 0 saturated carbocycles. The van der Waals surface area contributed by atoms with Gasteiger partial charge in [-0.1, -0.05) is 15.9 Å². The fraction of sp³-hybridized carbons (Fsp3) is 0.455. The molecule has 1 fully saturated rings. The van der Waals surface area contributed by atoms with Crippen molar-refractivity contribution in [2.45, 2.75) is 18.9 Å². The van der Waals surface area contributed by atoms with Gasteiger partial charge in [0.2, 0.25) is 10.0 Å². The summed E-state index contributed by atoms with van der Waals surface area (Å²) < 4.78 is 40.1. The van der Waals surface area contributed by atoms with Gasteiger partial charge >= 0.3 is 0 Å². The second kappa shape index (κ2) is 5.54. The average molecular weight is 337 g/mol. The standard InChI is InChI=1S/C11H14BrFN2O2S/c12-8-3-4-11(10(13)6-8)15-18(16,17)7-9-2-1-5-14-9/h3-4,6,9,14-15H,1-2,5,7H2. The Hall–Kier alpha value is -0.660. The number of hydrogen-bond donors (Lipinski definition) is 2. The first-order valence-corrected chi connectivity index (χ1v) is 8.10. The molecule has 0 amide bonds. The lowest BCUT2D eigenvalue weighted by Gasteiger charge is -2.13. The molecule has 18 heavy (non-hydrogen) atoms. The van der Waals surface area contributed by atoms with Crippen LogP contribution in [0.25, 0.3) is 0 Å². The summed E-state index contributed by atoms with van der Waals surface area (Å²) in [6, 6.07) is 4.18. The number of nitrogens with one attached hydrogen (secondary N) is 2. The maximum Gasteiger partial charge on any atom is 0.234 e. The van der Waals surface area contributed by atoms with E-state index in [1.807, 2.05) is 0 Å². The topological polar surface area (TPSA) is 58.2 Å². The monoisotopic (exact) mass is 336 g/mol. The Morgan fingerprint density at radius 3 is 2.89 bits per heavy atom. The molecule has 1 aliphatic rings. The van der Waals surface area contributed by atoms with Gasteiger partial charge in [0, 0.05) is 10.5 Å². The van der Waals surface area contributed by atoms with Crippen LogP contribution in [0.15, 0.2) is 22.7 Å². The molecule has 0 aromatic heterocycles. The number of anilines is 1. The minimum atomic E-state index is -3.52. The number of hydrogen-bond acceptors (Lipinski definition) is 3. The van der Waals surface area contributed by atoms with Gasteiger partial charge in [-0.3, -0.25) is 4.72 Å². The second-order valence-electron chi connectivity index (χ2n) is 4.30. The smallest absolute Gasteiger partial charge is 0.234 e. The maximum absolute atomic E-state index is 13.5. The van der Waals surface area contributed by atoms with Gasteiger partial charge < -0.3 is 5.32 Å². The normalized spacial score (nSPS) is 20.0. The van der Waals surface area contributed by atoms with E-state index in [4.69, 9.17) is 0 Å². The molecule has 1 aromatic rings. The molecule has 2 rings (SSSR count). The third kappa shape index (κ3) is 3.66. The third-order valence-corrected chi connectivity index (χ3v) is 4.64. The SMILES string of the molecule is O=S(=O)(CC1CCCN1)Nc1ccc(Br)cc1F. The van der Waals surface area contributed by atoms with Gasteiger partial charge in [-0.15, -0.1) is 0 Å². The van der Waals surface area contributed by atoms with Crippen LogP contribution in [0, 0.1) is 5.82 Å². The molecule has 1 unspecified atom stereocenters. The number of rotatable bonds is 4. The first kappa shape index (κ1) is 13.8. The molecule has 2 N–H and O–H groups in total. The van der Waals surface area contributed by atoms with E-state index in [1.54, 1.807) is 6.07 Å². The van der Waals surface area contributed by atoms with Gasteiger partial charge in [-0.2, -0.15) is 0 Å². The first-order valence-electron chi connectivity index (χ1n) is 5.65. The lowest BCUT2D eigenvalue weighted by atomic mass is 10.3. The van der Waals surface area contributed by atoms with Crippen molar-refractivity contribution in [2.75, 3.05) is 17.0 Å². The van der Waals surface area contributed by atoms with Gasteiger partial charge in [0.25, 0.3) is 0 Å². The zero-order chi connectivity index (χ0) is 13.2. The van der Waals surface area contributed by atoms with Crippen LogP contribution in [0.3, 0.4) is 0 Å². The van der Waals surface area contributed by atoms with Crippen LogP contribution in [-0.4, -0.2) is 26.8 Å². The van der Waals surface area contributed by atoms with E-state index in [-0.39, 0.29) is 17.5 Å². The van der Waals surface area contributed by atoms with Crippen molar-refractivity contribution in [1.29, 1.82) is 0 Å². The van der Waals surface area contributed by atoms with E-state index in [0.29, 0.717) is 4.47 Å². The van der Waals surface area contributed by atoms with Crippen LogP contribution in [0.1, 0.15) is 12.8 Å². The van der Waals surface area contributed by atoms with E-state index in [1.165, 1.54) is 12.1 Å². The molecule has 7 heteroatoms. The fourth-order valence-corrected chi connectivity index (χ4v) is 3.68. The fourth-order valence-electron chi connectivity index (χ4n) is 1.95. The molecule has 0 radical (unpaired) electrons. The summed E-state index contributed by atoms with van der Waals surface area (Å²) in [6.07, 6.45) is 1.82. The minimum absolute atomic E-state index is 0.0174. The zero-order valence-electron chi connectivity index (χ0n) is 9.62. The molecule has 0 spiro atoms. The summed E-state index contributed by atoms with van der Waals surface area (Å²) in [4.78, 5) is 0. The zero-order valence-corrected chi connectivity index (χ0v) is 12.0. The van der Waals surface area contributed by atoms with Crippen molar-refractivity contribution < 1.29 is 12.8 Å². The average Bonchev–Trinajstić information content (AvgIpc) is 2.74. The molecule has 0 aliphatic carbocycles. The first-order chi connectivity index (χ1) is 8.46. The van der Waals surface area contributed by atoms with Gasteiger partial charge in [-0.05, 0) is 37.6 Å². The lowest BCUT2D eigenvalue weighted by Crippen LogP contribution is -2.33. The van der Waals surface area contributed by atoms with Crippen molar-refractivity contribution in [1.82, 2.24) is 5.32 Å². The number of sulfonamides is 1. The van der Waals surface area contributed by atoms with E-state index >= 15 is 0 Å². The van der Waals surface area contributed by atoms with Crippen molar-refractivity contribution in [3.05, 3.63) is 28.5 Å². The predicted molar refractivity (Wildman–Crippen MR) is 72.5 cm³/mol. The summed E-state index contributed by atoms with van der Waals surface area (Å²) in [5.74, 6) is -0.616. The van der Waals surface area contributed by atoms with Crippen molar-refractivity contribution >= 4 is 31.6 Å². The van der Waals surface area contributed by atoms with Crippen molar-refractivity contribution in [3.63, 3.8) is 0 Å². The Bertz CT molecular complexity index is 530. The highest BCUT2D eigenvalue weighted by Gasteiger charge is 2.22. The molecular weight excluding hydrogens is 323 g/mol. The second-order valence-corrected chi connectivity index (χ2v) is 6.98. The number of halogens is 2. The number of benzene rings is 1. The predicted octanol–water partition coefficient (Wildman–Crippen LogP) is 2.08. The highest BCUT2D eigenvalue weighted by Crippen LogP contribution is 2.21. The Morgan fingerprint density at radius 2 is 2.28 bits per heavy atom. The van der Waals surface area contributed by atoms with E-state index in [9.17, 15) is 12.8 Å². The molecule has 1 saturated heterocycles. The molecular formula is C11H14BrFN2O2S. The van der Waals surface area contributed by atoms with Gasteiger partial charge in [0.05, 0.1) is 11.4 Å². The Morgan fingerprint density at radius 1 is 1.50 bits per heavy atom. The van der Waals surface area contributed by atoms with E-state index in [0.717, 1.165) is 19.4 Å². The highest BCUT2D eigenvalue weighted by atomic mass is 79.9. The van der Waals surface area contributed by atoms with Crippen LogP contribution in [0.4, 0.5) is 10.1 Å². The van der Waals surface area contributed by atoms with Crippen LogP contribution in [0.2, 0.25) is 0 Å². The Labute approximate surface area is 114 Å². The summed E-state index contributed by atoms with van der Waals surface area (Å²) >= 11 is 3.12. The highest BCUT2D eigenvalue weighted by molar-refractivity contribution is 9.10. The summed E-state index contributed by atoms with van der Waals surface area (Å²) in [6.45, 7) is 0.840. The van der Waals surface area contributed by atoms with Crippen LogP contribution < -0.4 is 10.0 Å². The largest absolute Gasteiger partial charge is 0.313 e. The summed E-state index contributed by atoms with van der Waals surface area (Å²) in [5, 5.41) is 3.10. The van der Waals surface area contributed by atoms with Crippen molar-refractivity contribution in [3.8, 4) is 0 Å². The quantitative estimate of drug-likeness (QED) is 0.885. The third-order valence-electron chi connectivity index (χ3n) is 2.78. The van der Waals surface area contributed by atoms with Gasteiger partial charge in [0.15, 0.2) is 0 Å². The molecule has 1 atom stereocenters. The van der Waals surface area contributed by atoms with E-state index < -0.39 is 15.8 Å². The Balaban J connectivity index is 2.07. The van der Waals surface area contributed by atoms with Gasteiger partial charge in [0.1, 0.15) is 5.82 Å². The lowest BCUT2D eigenvalue weighted by molar-refractivity contribution is 0.580. The van der Waals surface area contributed by atoms with Crippen LogP contribution in [0.5, 0.6) is 0 Å². The summed E-state index contributed by atoms with van der Waals surface area (Å²) in [7, 11) is -3.52. The molecule has 0 bridgehead atoms.